The van der Waals surface area contributed by atoms with Crippen molar-refractivity contribution in [1.29, 1.82) is 0 Å². The van der Waals surface area contributed by atoms with Gasteiger partial charge in [0.1, 0.15) is 0 Å². The molecule has 3 N–H and O–H groups in total. The van der Waals surface area contributed by atoms with Crippen LogP contribution in [0.25, 0.3) is 0 Å². The second-order valence-electron chi connectivity index (χ2n) is 4.56. The first-order chi connectivity index (χ1) is 6.02. The van der Waals surface area contributed by atoms with Crippen LogP contribution < -0.4 is 5.32 Å². The van der Waals surface area contributed by atoms with Crippen molar-refractivity contribution in [3.05, 3.63) is 0 Å². The zero-order valence-corrected chi connectivity index (χ0v) is 9.01. The van der Waals surface area contributed by atoms with E-state index in [9.17, 15) is 0 Å². The Hall–Kier alpha value is -0.120. The first-order valence-electron chi connectivity index (χ1n) is 4.94. The molecule has 0 heterocycles. The van der Waals surface area contributed by atoms with Gasteiger partial charge >= 0.3 is 0 Å². The van der Waals surface area contributed by atoms with Crippen LogP contribution in [-0.4, -0.2) is 36.5 Å². The van der Waals surface area contributed by atoms with Gasteiger partial charge in [-0.3, -0.25) is 0 Å². The molecule has 3 heteroatoms. The Kier molecular flexibility index (Phi) is 6.29. The fourth-order valence-corrected chi connectivity index (χ4v) is 1.11. The summed E-state index contributed by atoms with van der Waals surface area (Å²) in [6.07, 6.45) is 0.813. The lowest BCUT2D eigenvalue weighted by Crippen LogP contribution is -2.33. The Bertz CT molecular complexity index is 126. The maximum atomic E-state index is 8.79. The Balaban J connectivity index is 3.50. The van der Waals surface area contributed by atoms with Gasteiger partial charge < -0.3 is 15.5 Å². The number of aliphatic hydroxyl groups excluding tert-OH is 2. The molecule has 13 heavy (non-hydrogen) atoms. The molecule has 0 aliphatic carbocycles. The van der Waals surface area contributed by atoms with Crippen molar-refractivity contribution in [3.8, 4) is 0 Å². The molecule has 0 spiro atoms. The lowest BCUT2D eigenvalue weighted by molar-refractivity contribution is 0.196. The van der Waals surface area contributed by atoms with Gasteiger partial charge in [0, 0.05) is 19.8 Å². The Morgan fingerprint density at radius 1 is 1.31 bits per heavy atom. The zero-order chi connectivity index (χ0) is 10.3. The van der Waals surface area contributed by atoms with Crippen molar-refractivity contribution in [2.45, 2.75) is 27.2 Å². The van der Waals surface area contributed by atoms with Crippen molar-refractivity contribution in [2.24, 2.45) is 11.3 Å². The van der Waals surface area contributed by atoms with Gasteiger partial charge in [-0.1, -0.05) is 20.8 Å². The summed E-state index contributed by atoms with van der Waals surface area (Å²) >= 11 is 0. The standard InChI is InChI=1S/C10H23NO2/c1-9(7-13)6-11-8-10(2,3)4-5-12/h9,11-13H,4-8H2,1-3H3. The number of rotatable bonds is 7. The van der Waals surface area contributed by atoms with Crippen molar-refractivity contribution in [2.75, 3.05) is 26.3 Å². The zero-order valence-electron chi connectivity index (χ0n) is 9.01. The summed E-state index contributed by atoms with van der Waals surface area (Å²) < 4.78 is 0. The predicted molar refractivity (Wildman–Crippen MR) is 54.6 cm³/mol. The van der Waals surface area contributed by atoms with Gasteiger partial charge in [0.2, 0.25) is 0 Å². The summed E-state index contributed by atoms with van der Waals surface area (Å²) in [5, 5.41) is 20.9. The molecule has 0 saturated heterocycles. The maximum absolute atomic E-state index is 8.79. The molecule has 0 rings (SSSR count). The van der Waals surface area contributed by atoms with Gasteiger partial charge in [-0.25, -0.2) is 0 Å². The molecule has 0 aliphatic rings. The van der Waals surface area contributed by atoms with Crippen molar-refractivity contribution in [1.82, 2.24) is 5.32 Å². The van der Waals surface area contributed by atoms with E-state index in [2.05, 4.69) is 19.2 Å². The molecule has 0 aliphatic heterocycles. The summed E-state index contributed by atoms with van der Waals surface area (Å²) in [5.41, 5.74) is 0.143. The fraction of sp³-hybridized carbons (Fsp3) is 1.00. The van der Waals surface area contributed by atoms with E-state index in [1.165, 1.54) is 0 Å². The van der Waals surface area contributed by atoms with Crippen LogP contribution >= 0.6 is 0 Å². The van der Waals surface area contributed by atoms with E-state index in [1.54, 1.807) is 0 Å². The summed E-state index contributed by atoms with van der Waals surface area (Å²) in [6, 6.07) is 0. The molecule has 0 aromatic rings. The Morgan fingerprint density at radius 3 is 2.38 bits per heavy atom. The van der Waals surface area contributed by atoms with Crippen LogP contribution in [0.4, 0.5) is 0 Å². The van der Waals surface area contributed by atoms with Gasteiger partial charge in [0.15, 0.2) is 0 Å². The first kappa shape index (κ1) is 12.9. The Morgan fingerprint density at radius 2 is 1.92 bits per heavy atom. The average Bonchev–Trinajstić information content (AvgIpc) is 2.03. The van der Waals surface area contributed by atoms with Crippen molar-refractivity contribution in [3.63, 3.8) is 0 Å². The second-order valence-corrected chi connectivity index (χ2v) is 4.56. The van der Waals surface area contributed by atoms with Crippen LogP contribution in [0.1, 0.15) is 27.2 Å². The first-order valence-corrected chi connectivity index (χ1v) is 4.94. The van der Waals surface area contributed by atoms with E-state index in [4.69, 9.17) is 10.2 Å². The highest BCUT2D eigenvalue weighted by atomic mass is 16.3. The number of hydrogen-bond donors (Lipinski definition) is 3. The molecule has 0 radical (unpaired) electrons. The molecule has 3 nitrogen and oxygen atoms in total. The number of aliphatic hydroxyl groups is 2. The lowest BCUT2D eigenvalue weighted by Gasteiger charge is -2.24. The van der Waals surface area contributed by atoms with Crippen LogP contribution in [0, 0.1) is 11.3 Å². The van der Waals surface area contributed by atoms with E-state index in [0.717, 1.165) is 19.5 Å². The van der Waals surface area contributed by atoms with Crippen LogP contribution in [0.5, 0.6) is 0 Å². The molecular formula is C10H23NO2. The van der Waals surface area contributed by atoms with Gasteiger partial charge in [-0.05, 0) is 24.3 Å². The number of nitrogens with one attached hydrogen (secondary N) is 1. The SMILES string of the molecule is CC(CO)CNCC(C)(C)CCO. The largest absolute Gasteiger partial charge is 0.396 e. The monoisotopic (exact) mass is 189 g/mol. The van der Waals surface area contributed by atoms with Gasteiger partial charge in [-0.15, -0.1) is 0 Å². The quantitative estimate of drug-likeness (QED) is 0.550. The highest BCUT2D eigenvalue weighted by Crippen LogP contribution is 2.17. The Labute approximate surface area is 81.2 Å². The minimum absolute atomic E-state index is 0.143. The lowest BCUT2D eigenvalue weighted by atomic mass is 9.89. The van der Waals surface area contributed by atoms with Crippen LogP contribution in [0.2, 0.25) is 0 Å². The third-order valence-corrected chi connectivity index (χ3v) is 2.20. The average molecular weight is 189 g/mol. The van der Waals surface area contributed by atoms with Crippen LogP contribution in [0.3, 0.4) is 0 Å². The van der Waals surface area contributed by atoms with Crippen LogP contribution in [-0.2, 0) is 0 Å². The molecule has 0 aromatic carbocycles. The minimum Gasteiger partial charge on any atom is -0.396 e. The maximum Gasteiger partial charge on any atom is 0.0468 e. The normalized spacial score (nSPS) is 14.5. The molecule has 0 fully saturated rings. The van der Waals surface area contributed by atoms with E-state index in [-0.39, 0.29) is 18.6 Å². The van der Waals surface area contributed by atoms with E-state index in [0.29, 0.717) is 5.92 Å². The highest BCUT2D eigenvalue weighted by molar-refractivity contribution is 4.71. The molecule has 1 unspecified atom stereocenters. The molecule has 80 valence electrons. The molecule has 0 saturated carbocycles. The van der Waals surface area contributed by atoms with E-state index >= 15 is 0 Å². The van der Waals surface area contributed by atoms with Crippen LogP contribution in [0.15, 0.2) is 0 Å². The summed E-state index contributed by atoms with van der Waals surface area (Å²) in [5.74, 6) is 0.310. The molecular weight excluding hydrogens is 166 g/mol. The predicted octanol–water partition coefficient (Wildman–Crippen LogP) is 0.613. The molecule has 0 aromatic heterocycles. The third-order valence-electron chi connectivity index (χ3n) is 2.20. The van der Waals surface area contributed by atoms with E-state index in [1.807, 2.05) is 6.92 Å². The fourth-order valence-electron chi connectivity index (χ4n) is 1.11. The molecule has 0 amide bonds. The molecule has 0 bridgehead atoms. The summed E-state index contributed by atoms with van der Waals surface area (Å²) in [4.78, 5) is 0. The highest BCUT2D eigenvalue weighted by Gasteiger charge is 2.16. The minimum atomic E-state index is 0.143. The third kappa shape index (κ3) is 6.99. The van der Waals surface area contributed by atoms with Crippen molar-refractivity contribution < 1.29 is 10.2 Å². The van der Waals surface area contributed by atoms with Gasteiger partial charge in [-0.2, -0.15) is 0 Å². The summed E-state index contributed by atoms with van der Waals surface area (Å²) in [6.45, 7) is 8.45. The topological polar surface area (TPSA) is 52.5 Å². The summed E-state index contributed by atoms with van der Waals surface area (Å²) in [7, 11) is 0. The van der Waals surface area contributed by atoms with Gasteiger partial charge in [0.05, 0.1) is 0 Å². The van der Waals surface area contributed by atoms with Gasteiger partial charge in [0.25, 0.3) is 0 Å². The van der Waals surface area contributed by atoms with Crippen molar-refractivity contribution >= 4 is 0 Å². The van der Waals surface area contributed by atoms with E-state index < -0.39 is 0 Å². The molecule has 1 atom stereocenters. The smallest absolute Gasteiger partial charge is 0.0468 e. The second kappa shape index (κ2) is 6.35. The number of hydrogen-bond acceptors (Lipinski definition) is 3.